The van der Waals surface area contributed by atoms with Crippen LogP contribution in [0.5, 0.6) is 5.75 Å². The molecule has 3 aromatic rings. The maximum Gasteiger partial charge on any atom is 0.259 e. The Bertz CT molecular complexity index is 949. The molecule has 2 aromatic carbocycles. The van der Waals surface area contributed by atoms with E-state index in [4.69, 9.17) is 10.5 Å². The van der Waals surface area contributed by atoms with E-state index in [-0.39, 0.29) is 5.91 Å². The average molecular weight is 381 g/mol. The fourth-order valence-electron chi connectivity index (χ4n) is 4.00. The van der Waals surface area contributed by atoms with Crippen LogP contribution in [-0.2, 0) is 6.42 Å². The van der Waals surface area contributed by atoms with Crippen LogP contribution in [0.15, 0.2) is 48.5 Å². The predicted octanol–water partition coefficient (Wildman–Crippen LogP) is 4.04. The molecule has 0 bridgehead atoms. The Morgan fingerprint density at radius 3 is 2.74 bits per heavy atom. The van der Waals surface area contributed by atoms with Crippen molar-refractivity contribution in [1.82, 2.24) is 4.90 Å². The summed E-state index contributed by atoms with van der Waals surface area (Å²) < 4.78 is 6.37. The fraction of sp³-hybridized carbons (Fsp3) is 0.318. The number of benzene rings is 2. The number of amides is 1. The molecule has 1 unspecified atom stereocenters. The molecule has 0 radical (unpaired) electrons. The van der Waals surface area contributed by atoms with Crippen molar-refractivity contribution in [2.24, 2.45) is 5.73 Å². The third kappa shape index (κ3) is 3.70. The summed E-state index contributed by atoms with van der Waals surface area (Å²) >= 11 is 1.53. The van der Waals surface area contributed by atoms with Crippen LogP contribution in [0.3, 0.4) is 0 Å². The Labute approximate surface area is 163 Å². The number of ether oxygens (including phenoxy) is 1. The third-order valence-corrected chi connectivity index (χ3v) is 6.62. The van der Waals surface area contributed by atoms with Gasteiger partial charge in [-0.2, -0.15) is 0 Å². The van der Waals surface area contributed by atoms with Crippen molar-refractivity contribution >= 4 is 27.3 Å². The molecule has 4 rings (SSSR count). The van der Waals surface area contributed by atoms with Crippen LogP contribution >= 0.6 is 11.3 Å². The summed E-state index contributed by atoms with van der Waals surface area (Å²) in [6.45, 7) is 3.07. The molecule has 1 atom stereocenters. The molecule has 2 heterocycles. The van der Waals surface area contributed by atoms with Crippen LogP contribution in [0, 0.1) is 0 Å². The average Bonchev–Trinajstić information content (AvgIpc) is 3.31. The molecular weight excluding hydrogens is 356 g/mol. The molecule has 27 heavy (non-hydrogen) atoms. The van der Waals surface area contributed by atoms with Gasteiger partial charge in [0, 0.05) is 23.7 Å². The lowest BCUT2D eigenvalue weighted by molar-refractivity contribution is 0.100. The minimum absolute atomic E-state index is 0.303. The molecule has 0 saturated carbocycles. The van der Waals surface area contributed by atoms with E-state index in [0.717, 1.165) is 53.4 Å². The van der Waals surface area contributed by atoms with Gasteiger partial charge in [0.05, 0.1) is 12.0 Å². The molecule has 1 aliphatic rings. The van der Waals surface area contributed by atoms with Gasteiger partial charge in [-0.25, -0.2) is 0 Å². The highest BCUT2D eigenvalue weighted by Crippen LogP contribution is 2.39. The number of carbonyl (C=O) groups excluding carboxylic acids is 1. The summed E-state index contributed by atoms with van der Waals surface area (Å²) in [6.07, 6.45) is 2.09. The maximum absolute atomic E-state index is 12.0. The first-order chi connectivity index (χ1) is 13.2. The molecule has 2 N–H and O–H groups in total. The van der Waals surface area contributed by atoms with Crippen LogP contribution in [0.25, 0.3) is 10.1 Å². The van der Waals surface area contributed by atoms with Gasteiger partial charge in [-0.15, -0.1) is 11.3 Å². The minimum atomic E-state index is -0.303. The summed E-state index contributed by atoms with van der Waals surface area (Å²) in [5.74, 6) is 0.964. The van der Waals surface area contributed by atoms with Crippen molar-refractivity contribution in [3.8, 4) is 5.75 Å². The van der Waals surface area contributed by atoms with Crippen molar-refractivity contribution in [2.45, 2.75) is 18.8 Å². The molecule has 1 fully saturated rings. The second-order valence-corrected chi connectivity index (χ2v) is 8.14. The molecule has 5 heteroatoms. The number of carbonyl (C=O) groups is 1. The van der Waals surface area contributed by atoms with Crippen LogP contribution in [0.4, 0.5) is 0 Å². The standard InChI is InChI=1S/C22H24N2O2S/c1-26-17-8-6-15(7-9-17)10-12-24-13-11-16(14-24)20-18-4-2-3-5-19(18)27-21(20)22(23)25/h2-9,16H,10-14H2,1H3,(H2,23,25). The maximum atomic E-state index is 12.0. The van der Waals surface area contributed by atoms with Gasteiger partial charge < -0.3 is 15.4 Å². The lowest BCUT2D eigenvalue weighted by Crippen LogP contribution is -2.23. The molecule has 1 aromatic heterocycles. The summed E-state index contributed by atoms with van der Waals surface area (Å²) in [4.78, 5) is 15.2. The van der Waals surface area contributed by atoms with Crippen LogP contribution in [0.1, 0.15) is 33.1 Å². The van der Waals surface area contributed by atoms with E-state index in [1.807, 2.05) is 24.3 Å². The quantitative estimate of drug-likeness (QED) is 0.702. The van der Waals surface area contributed by atoms with E-state index in [0.29, 0.717) is 5.92 Å². The highest BCUT2D eigenvalue weighted by Gasteiger charge is 2.29. The van der Waals surface area contributed by atoms with Crippen LogP contribution < -0.4 is 10.5 Å². The van der Waals surface area contributed by atoms with Gasteiger partial charge in [0.2, 0.25) is 0 Å². The predicted molar refractivity (Wildman–Crippen MR) is 111 cm³/mol. The van der Waals surface area contributed by atoms with E-state index in [1.54, 1.807) is 7.11 Å². The number of hydrogen-bond donors (Lipinski definition) is 1. The highest BCUT2D eigenvalue weighted by atomic mass is 32.1. The monoisotopic (exact) mass is 380 g/mol. The van der Waals surface area contributed by atoms with Gasteiger partial charge in [-0.05, 0) is 54.1 Å². The largest absolute Gasteiger partial charge is 0.497 e. The lowest BCUT2D eigenvalue weighted by atomic mass is 9.95. The Morgan fingerprint density at radius 2 is 2.00 bits per heavy atom. The summed E-state index contributed by atoms with van der Waals surface area (Å²) in [6, 6.07) is 16.5. The Hall–Kier alpha value is -2.37. The van der Waals surface area contributed by atoms with Crippen molar-refractivity contribution in [1.29, 1.82) is 0 Å². The summed E-state index contributed by atoms with van der Waals surface area (Å²) in [5.41, 5.74) is 8.17. The number of rotatable bonds is 6. The van der Waals surface area contributed by atoms with Crippen LogP contribution in [-0.4, -0.2) is 37.6 Å². The molecule has 4 nitrogen and oxygen atoms in total. The van der Waals surface area contributed by atoms with Crippen LogP contribution in [0.2, 0.25) is 0 Å². The Balaban J connectivity index is 1.47. The Kier molecular flexibility index (Phi) is 5.14. The molecule has 140 valence electrons. The van der Waals surface area contributed by atoms with Crippen molar-refractivity contribution in [3.05, 3.63) is 64.5 Å². The number of methoxy groups -OCH3 is 1. The van der Waals surface area contributed by atoms with E-state index in [1.165, 1.54) is 22.3 Å². The molecule has 1 amide bonds. The van der Waals surface area contributed by atoms with E-state index >= 15 is 0 Å². The zero-order valence-electron chi connectivity index (χ0n) is 15.5. The number of fused-ring (bicyclic) bond motifs is 1. The van der Waals surface area contributed by atoms with Crippen molar-refractivity contribution < 1.29 is 9.53 Å². The molecule has 0 aliphatic carbocycles. The van der Waals surface area contributed by atoms with E-state index in [2.05, 4.69) is 29.2 Å². The number of hydrogen-bond acceptors (Lipinski definition) is 4. The molecule has 1 saturated heterocycles. The van der Waals surface area contributed by atoms with E-state index in [9.17, 15) is 4.79 Å². The number of nitrogens with two attached hydrogens (primary N) is 1. The molecule has 1 aliphatic heterocycles. The fourth-order valence-corrected chi connectivity index (χ4v) is 5.15. The van der Waals surface area contributed by atoms with Gasteiger partial charge in [0.1, 0.15) is 5.75 Å². The smallest absolute Gasteiger partial charge is 0.259 e. The Morgan fingerprint density at radius 1 is 1.22 bits per heavy atom. The highest BCUT2D eigenvalue weighted by molar-refractivity contribution is 7.21. The SMILES string of the molecule is COc1ccc(CCN2CCC(c3c(C(N)=O)sc4ccccc34)C2)cc1. The van der Waals surface area contributed by atoms with Gasteiger partial charge in [-0.1, -0.05) is 30.3 Å². The zero-order valence-corrected chi connectivity index (χ0v) is 16.3. The number of nitrogens with zero attached hydrogens (tertiary/aromatic N) is 1. The number of thiophene rings is 1. The molecule has 0 spiro atoms. The van der Waals surface area contributed by atoms with Gasteiger partial charge >= 0.3 is 0 Å². The van der Waals surface area contributed by atoms with E-state index < -0.39 is 0 Å². The third-order valence-electron chi connectivity index (χ3n) is 5.41. The van der Waals surface area contributed by atoms with Crippen molar-refractivity contribution in [3.63, 3.8) is 0 Å². The van der Waals surface area contributed by atoms with Gasteiger partial charge in [0.15, 0.2) is 0 Å². The lowest BCUT2D eigenvalue weighted by Gasteiger charge is -2.16. The number of primary amides is 1. The summed E-state index contributed by atoms with van der Waals surface area (Å²) in [7, 11) is 1.69. The minimum Gasteiger partial charge on any atom is -0.497 e. The zero-order chi connectivity index (χ0) is 18.8. The first kappa shape index (κ1) is 18.0. The van der Waals surface area contributed by atoms with Crippen molar-refractivity contribution in [2.75, 3.05) is 26.7 Å². The first-order valence-electron chi connectivity index (χ1n) is 9.32. The number of likely N-dealkylation sites (tertiary alicyclic amines) is 1. The first-order valence-corrected chi connectivity index (χ1v) is 10.1. The second-order valence-electron chi connectivity index (χ2n) is 7.09. The summed E-state index contributed by atoms with van der Waals surface area (Å²) in [5, 5.41) is 1.19. The topological polar surface area (TPSA) is 55.6 Å². The normalized spacial score (nSPS) is 17.4. The van der Waals surface area contributed by atoms with Gasteiger partial charge in [0.25, 0.3) is 5.91 Å². The molecular formula is C22H24N2O2S. The second kappa shape index (κ2) is 7.71. The van der Waals surface area contributed by atoms with Gasteiger partial charge in [-0.3, -0.25) is 4.79 Å².